The van der Waals surface area contributed by atoms with Gasteiger partial charge in [0.05, 0.1) is 21.0 Å². The minimum atomic E-state index is -0.750. The molecule has 13 heteroatoms. The first-order chi connectivity index (χ1) is 6.93. The van der Waals surface area contributed by atoms with Crippen LogP contribution in [-0.2, 0) is 70.6 Å². The first-order valence-corrected chi connectivity index (χ1v) is 4.42. The van der Waals surface area contributed by atoms with E-state index in [0.29, 0.717) is 0 Å². The van der Waals surface area contributed by atoms with Crippen LogP contribution in [-0.4, -0.2) is 21.0 Å². The topological polar surface area (TPSA) is 172 Å². The quantitative estimate of drug-likeness (QED) is 0.292. The second kappa shape index (κ2) is 24.6. The minimum absolute atomic E-state index is 0. The van der Waals surface area contributed by atoms with Crippen molar-refractivity contribution >= 4 is 71.5 Å². The third kappa shape index (κ3) is 7940. The van der Waals surface area contributed by atoms with E-state index in [4.69, 9.17) is 19.2 Å². The predicted molar refractivity (Wildman–Crippen MR) is 67.8 cm³/mol. The third-order valence-electron chi connectivity index (χ3n) is 0. The van der Waals surface area contributed by atoms with Gasteiger partial charge in [0.1, 0.15) is 0 Å². The Bertz CT molecular complexity index is 178. The zero-order valence-corrected chi connectivity index (χ0v) is 13.6. The van der Waals surface area contributed by atoms with Crippen LogP contribution in [0, 0.1) is 0 Å². The summed E-state index contributed by atoms with van der Waals surface area (Å²) in [6.45, 7) is 0. The van der Waals surface area contributed by atoms with Gasteiger partial charge in [-0.25, -0.2) is 0 Å². The molecule has 0 aliphatic carbocycles. The molecule has 8 N–H and O–H groups in total. The molecule has 0 rings (SSSR count). The fourth-order valence-electron chi connectivity index (χ4n) is 0. The van der Waals surface area contributed by atoms with E-state index in [0.717, 1.165) is 0 Å². The summed E-state index contributed by atoms with van der Waals surface area (Å²) in [6.07, 6.45) is 0. The molecule has 0 aromatic carbocycles. The first kappa shape index (κ1) is 29.9. The molecule has 0 aromatic heterocycles. The molecule has 0 fully saturated rings. The van der Waals surface area contributed by atoms with Crippen molar-refractivity contribution in [3.05, 3.63) is 0 Å². The van der Waals surface area contributed by atoms with Crippen molar-refractivity contribution < 1.29 is 39.3 Å². The molecule has 0 aromatic rings. The Morgan fingerprint density at radius 3 is 0.529 bits per heavy atom. The van der Waals surface area contributed by atoms with Crippen molar-refractivity contribution in [3.8, 4) is 0 Å². The monoisotopic (exact) mass is 497 g/mol. The van der Waals surface area contributed by atoms with E-state index in [-0.39, 0.29) is 20.1 Å². The maximum absolute atomic E-state index is 9.04. The summed E-state index contributed by atoms with van der Waals surface area (Å²) in [7, 11) is 0. The molecule has 1 radical (unpaired) electrons. The largest absolute Gasteiger partial charge is 0.719 e. The molecule has 105 valence electrons. The van der Waals surface area contributed by atoms with Crippen molar-refractivity contribution in [3.63, 3.8) is 0 Å². The summed E-state index contributed by atoms with van der Waals surface area (Å²) >= 11 is 15.0. The second-order valence-corrected chi connectivity index (χ2v) is 2.89. The number of carbonyl (C=O) groups excluding carboxylic acids is 4. The van der Waals surface area contributed by atoms with Crippen LogP contribution in [0.4, 0.5) is 19.2 Å². The summed E-state index contributed by atoms with van der Waals surface area (Å²) in [6, 6.07) is 0. The van der Waals surface area contributed by atoms with Crippen LogP contribution >= 0.6 is 0 Å². The number of amides is 4. The van der Waals surface area contributed by atoms with Gasteiger partial charge in [0.15, 0.2) is 0 Å². The van der Waals surface area contributed by atoms with Crippen LogP contribution in [0.5, 0.6) is 0 Å². The molecule has 0 bridgehead atoms. The molecular weight excluding hydrogens is 489 g/mol. The van der Waals surface area contributed by atoms with Gasteiger partial charge in [0.2, 0.25) is 0 Å². The third-order valence-corrected chi connectivity index (χ3v) is 0. The Kier molecular flexibility index (Phi) is 43.3. The summed E-state index contributed by atoms with van der Waals surface area (Å²) in [5.74, 6) is 0. The Hall–Kier alpha value is -0.591. The maximum Gasteiger partial charge on any atom is 0.0954 e. The van der Waals surface area contributed by atoms with Gasteiger partial charge in [-0.15, -0.1) is 0 Å². The van der Waals surface area contributed by atoms with Crippen molar-refractivity contribution in [2.24, 2.45) is 22.9 Å². The molecule has 0 unspecified atom stereocenters. The van der Waals surface area contributed by atoms with Gasteiger partial charge in [-0.05, 0) is 0 Å². The normalized spacial score (nSPS) is 5.65. The van der Waals surface area contributed by atoms with E-state index in [1.165, 1.54) is 0 Å². The van der Waals surface area contributed by atoms with Crippen molar-refractivity contribution in [1.82, 2.24) is 0 Å². The second-order valence-electron chi connectivity index (χ2n) is 1.28. The van der Waals surface area contributed by atoms with Gasteiger partial charge < -0.3 is 92.6 Å². The van der Waals surface area contributed by atoms with Gasteiger partial charge in [-0.1, -0.05) is 0 Å². The molecule has 0 saturated carbocycles. The van der Waals surface area contributed by atoms with E-state index in [9.17, 15) is 0 Å². The smallest absolute Gasteiger partial charge is 0.0954 e. The van der Waals surface area contributed by atoms with E-state index >= 15 is 0 Å². The zero-order chi connectivity index (χ0) is 14.3. The van der Waals surface area contributed by atoms with Gasteiger partial charge >= 0.3 is 0 Å². The van der Waals surface area contributed by atoms with Crippen LogP contribution in [0.3, 0.4) is 0 Å². The summed E-state index contributed by atoms with van der Waals surface area (Å²) < 4.78 is 0. The molecular formula is C4H8IrN4O4S4-4. The van der Waals surface area contributed by atoms with Gasteiger partial charge in [0, 0.05) is 20.1 Å². The Morgan fingerprint density at radius 2 is 0.529 bits per heavy atom. The van der Waals surface area contributed by atoms with Crippen molar-refractivity contribution in [2.75, 3.05) is 0 Å². The first-order valence-electron chi connectivity index (χ1n) is 2.79. The number of primary amides is 4. The zero-order valence-electron chi connectivity index (χ0n) is 7.91. The standard InChI is InChI=1S/4CH3NOS.Ir/c4*2-1(3)4;/h4*(H3,2,3,4);/p-4. The molecule has 0 atom stereocenters. The van der Waals surface area contributed by atoms with Crippen LogP contribution in [0.2, 0.25) is 0 Å². The Labute approximate surface area is 133 Å². The molecule has 0 saturated heterocycles. The number of rotatable bonds is 0. The molecule has 17 heavy (non-hydrogen) atoms. The maximum atomic E-state index is 9.04. The summed E-state index contributed by atoms with van der Waals surface area (Å²) in [5, 5.41) is -3.00. The number of carbonyl (C=O) groups is 4. The molecule has 4 amide bonds. The van der Waals surface area contributed by atoms with Crippen LogP contribution in [0.1, 0.15) is 0 Å². The van der Waals surface area contributed by atoms with Crippen LogP contribution in [0.25, 0.3) is 0 Å². The molecule has 0 aliphatic heterocycles. The van der Waals surface area contributed by atoms with E-state index in [2.05, 4.69) is 73.4 Å². The summed E-state index contributed by atoms with van der Waals surface area (Å²) in [4.78, 5) is 36.1. The Morgan fingerprint density at radius 1 is 0.529 bits per heavy atom. The molecule has 0 aliphatic rings. The fourth-order valence-corrected chi connectivity index (χ4v) is 0. The number of nitrogens with two attached hydrogens (primary N) is 4. The van der Waals surface area contributed by atoms with Gasteiger partial charge in [-0.2, -0.15) is 0 Å². The van der Waals surface area contributed by atoms with E-state index in [1.807, 2.05) is 0 Å². The summed E-state index contributed by atoms with van der Waals surface area (Å²) in [5.41, 5.74) is 17.1. The molecule has 0 spiro atoms. The molecule has 8 nitrogen and oxygen atoms in total. The van der Waals surface area contributed by atoms with Crippen molar-refractivity contribution in [1.29, 1.82) is 0 Å². The van der Waals surface area contributed by atoms with Crippen LogP contribution in [0.15, 0.2) is 0 Å². The number of hydrogen-bond donors (Lipinski definition) is 4. The fraction of sp³-hybridized carbons (Fsp3) is 0. The predicted octanol–water partition coefficient (Wildman–Crippen LogP) is -1.55. The van der Waals surface area contributed by atoms with Gasteiger partial charge in [0.25, 0.3) is 0 Å². The number of hydrogen-bond acceptors (Lipinski definition) is 8. The SMILES string of the molecule is NC(=O)[S-].NC(=O)[S-].NC(=O)[S-].NC(=O)[S-].[Ir]. The van der Waals surface area contributed by atoms with Crippen molar-refractivity contribution in [2.45, 2.75) is 0 Å². The van der Waals surface area contributed by atoms with Gasteiger partial charge in [-0.3, -0.25) is 0 Å². The van der Waals surface area contributed by atoms with Crippen LogP contribution < -0.4 is 22.9 Å². The van der Waals surface area contributed by atoms with E-state index < -0.39 is 21.0 Å². The minimum Gasteiger partial charge on any atom is -0.719 e. The van der Waals surface area contributed by atoms with E-state index in [1.54, 1.807) is 0 Å². The Balaban J connectivity index is -0.0000000369. The molecule has 0 heterocycles. The average molecular weight is 497 g/mol. The average Bonchev–Trinajstić information content (AvgIpc) is 1.76.